The van der Waals surface area contributed by atoms with Gasteiger partial charge in [-0.1, -0.05) is 27.2 Å². The first-order valence-electron chi connectivity index (χ1n) is 11.6. The third-order valence-corrected chi connectivity index (χ3v) is 6.38. The van der Waals surface area contributed by atoms with Crippen LogP contribution in [0.25, 0.3) is 11.4 Å². The van der Waals surface area contributed by atoms with E-state index >= 15 is 0 Å². The van der Waals surface area contributed by atoms with E-state index in [9.17, 15) is 14.0 Å². The van der Waals surface area contributed by atoms with Crippen LogP contribution in [0, 0.1) is 17.2 Å². The van der Waals surface area contributed by atoms with E-state index in [4.69, 9.17) is 0 Å². The van der Waals surface area contributed by atoms with Gasteiger partial charge in [0.1, 0.15) is 11.6 Å². The first kappa shape index (κ1) is 22.4. The van der Waals surface area contributed by atoms with Crippen LogP contribution >= 0.6 is 0 Å². The molecule has 1 aromatic carbocycles. The molecule has 172 valence electrons. The van der Waals surface area contributed by atoms with Gasteiger partial charge in [-0.2, -0.15) is 0 Å². The second kappa shape index (κ2) is 9.00. The van der Waals surface area contributed by atoms with Crippen molar-refractivity contribution in [1.29, 1.82) is 0 Å². The highest BCUT2D eigenvalue weighted by molar-refractivity contribution is 5.93. The molecule has 1 N–H and O–H groups in total. The maximum Gasteiger partial charge on any atom is 0.227 e. The van der Waals surface area contributed by atoms with Crippen molar-refractivity contribution in [2.45, 2.75) is 65.8 Å². The van der Waals surface area contributed by atoms with Crippen molar-refractivity contribution < 1.29 is 14.0 Å². The second-order valence-corrected chi connectivity index (χ2v) is 9.90. The average Bonchev–Trinajstić information content (AvgIpc) is 3.01. The number of aryl methyl sites for hydroxylation is 1. The topological polar surface area (TPSA) is 80.1 Å². The molecule has 0 atom stereocenters. The predicted molar refractivity (Wildman–Crippen MR) is 120 cm³/mol. The number of nitrogens with zero attached hydrogens (tertiary/aromatic N) is 4. The number of piperidine rings is 1. The number of benzene rings is 1. The standard InChI is InChI=1S/C24H32FN5O2/c1-24(2,3)23(32)29-13-10-16(11-14-29)22(31)26-17-8-9-19(25)18(15-17)21-28-27-20-7-5-4-6-12-30(20)21/h8-9,15-16H,4-7,10-14H2,1-3H3,(H,26,31). The summed E-state index contributed by atoms with van der Waals surface area (Å²) in [7, 11) is 0. The van der Waals surface area contributed by atoms with Crippen LogP contribution in [0.15, 0.2) is 18.2 Å². The molecule has 7 nitrogen and oxygen atoms in total. The lowest BCUT2D eigenvalue weighted by atomic mass is 9.90. The number of carbonyl (C=O) groups excluding carboxylic acids is 2. The van der Waals surface area contributed by atoms with E-state index in [0.29, 0.717) is 43.0 Å². The van der Waals surface area contributed by atoms with Crippen molar-refractivity contribution in [2.24, 2.45) is 11.3 Å². The van der Waals surface area contributed by atoms with E-state index in [2.05, 4.69) is 15.5 Å². The van der Waals surface area contributed by atoms with Crippen LogP contribution in [0.1, 0.15) is 58.7 Å². The molecule has 0 radical (unpaired) electrons. The highest BCUT2D eigenvalue weighted by atomic mass is 19.1. The van der Waals surface area contributed by atoms with Crippen molar-refractivity contribution in [3.8, 4) is 11.4 Å². The number of anilines is 1. The maximum atomic E-state index is 14.7. The van der Waals surface area contributed by atoms with Gasteiger partial charge in [-0.3, -0.25) is 9.59 Å². The maximum absolute atomic E-state index is 14.7. The molecular weight excluding hydrogens is 409 g/mol. The summed E-state index contributed by atoms with van der Waals surface area (Å²) in [5.74, 6) is 0.887. The molecule has 2 amide bonds. The van der Waals surface area contributed by atoms with Gasteiger partial charge in [0.25, 0.3) is 0 Å². The Bertz CT molecular complexity index is 1000. The number of hydrogen-bond donors (Lipinski definition) is 1. The first-order chi connectivity index (χ1) is 15.2. The first-order valence-corrected chi connectivity index (χ1v) is 11.6. The smallest absolute Gasteiger partial charge is 0.227 e. The van der Waals surface area contributed by atoms with E-state index < -0.39 is 5.41 Å². The normalized spacial score (nSPS) is 17.6. The van der Waals surface area contributed by atoms with E-state index in [0.717, 1.165) is 38.1 Å². The molecule has 1 saturated heterocycles. The number of nitrogens with one attached hydrogen (secondary N) is 1. The Kier molecular flexibility index (Phi) is 6.31. The molecule has 8 heteroatoms. The molecule has 2 aromatic rings. The van der Waals surface area contributed by atoms with Crippen LogP contribution in [0.5, 0.6) is 0 Å². The van der Waals surface area contributed by atoms with Gasteiger partial charge in [0.15, 0.2) is 5.82 Å². The molecule has 0 aliphatic carbocycles. The molecule has 2 aliphatic rings. The number of fused-ring (bicyclic) bond motifs is 1. The van der Waals surface area contributed by atoms with Gasteiger partial charge in [-0.15, -0.1) is 10.2 Å². The number of aromatic nitrogens is 3. The SMILES string of the molecule is CC(C)(C)C(=O)N1CCC(C(=O)Nc2ccc(F)c(-c3nnc4n3CCCCC4)c2)CC1. The molecule has 4 rings (SSSR count). The summed E-state index contributed by atoms with van der Waals surface area (Å²) in [4.78, 5) is 27.2. The van der Waals surface area contributed by atoms with E-state index in [-0.39, 0.29) is 23.5 Å². The molecule has 1 aromatic heterocycles. The van der Waals surface area contributed by atoms with Crippen LogP contribution in [0.2, 0.25) is 0 Å². The number of halogens is 1. The minimum atomic E-state index is -0.417. The van der Waals surface area contributed by atoms with E-state index in [1.165, 1.54) is 6.07 Å². The van der Waals surface area contributed by atoms with Crippen molar-refractivity contribution in [2.75, 3.05) is 18.4 Å². The van der Waals surface area contributed by atoms with Gasteiger partial charge in [0, 0.05) is 43.1 Å². The number of amides is 2. The minimum Gasteiger partial charge on any atom is -0.342 e. The number of hydrogen-bond acceptors (Lipinski definition) is 4. The lowest BCUT2D eigenvalue weighted by Crippen LogP contribution is -2.45. The Balaban J connectivity index is 1.44. The molecule has 0 spiro atoms. The Labute approximate surface area is 188 Å². The third kappa shape index (κ3) is 4.69. The summed E-state index contributed by atoms with van der Waals surface area (Å²) in [6, 6.07) is 4.59. The van der Waals surface area contributed by atoms with Crippen LogP contribution in [0.4, 0.5) is 10.1 Å². The second-order valence-electron chi connectivity index (χ2n) is 9.90. The van der Waals surface area contributed by atoms with Gasteiger partial charge in [0.05, 0.1) is 5.56 Å². The van der Waals surface area contributed by atoms with Crippen molar-refractivity contribution in [3.05, 3.63) is 29.8 Å². The zero-order valence-corrected chi connectivity index (χ0v) is 19.2. The highest BCUT2D eigenvalue weighted by Crippen LogP contribution is 2.29. The zero-order valence-electron chi connectivity index (χ0n) is 19.2. The summed E-state index contributed by atoms with van der Waals surface area (Å²) in [6.07, 6.45) is 5.31. The molecule has 0 unspecified atom stereocenters. The number of carbonyl (C=O) groups is 2. The molecule has 2 aliphatic heterocycles. The summed E-state index contributed by atoms with van der Waals surface area (Å²) in [5.41, 5.74) is 0.485. The van der Waals surface area contributed by atoms with Gasteiger partial charge < -0.3 is 14.8 Å². The largest absolute Gasteiger partial charge is 0.342 e. The number of likely N-dealkylation sites (tertiary alicyclic amines) is 1. The highest BCUT2D eigenvalue weighted by Gasteiger charge is 2.32. The van der Waals surface area contributed by atoms with E-state index in [1.54, 1.807) is 12.1 Å². The van der Waals surface area contributed by atoms with Crippen LogP contribution < -0.4 is 5.32 Å². The van der Waals surface area contributed by atoms with Crippen molar-refractivity contribution >= 4 is 17.5 Å². The fourth-order valence-electron chi connectivity index (χ4n) is 4.52. The molecule has 3 heterocycles. The summed E-state index contributed by atoms with van der Waals surface area (Å²) >= 11 is 0. The Morgan fingerprint density at radius 1 is 1.06 bits per heavy atom. The Hall–Kier alpha value is -2.77. The predicted octanol–water partition coefficient (Wildman–Crippen LogP) is 4.03. The van der Waals surface area contributed by atoms with Gasteiger partial charge >= 0.3 is 0 Å². The number of rotatable bonds is 3. The van der Waals surface area contributed by atoms with Gasteiger partial charge in [-0.25, -0.2) is 4.39 Å². The summed E-state index contributed by atoms with van der Waals surface area (Å²) in [5, 5.41) is 11.5. The van der Waals surface area contributed by atoms with Crippen LogP contribution in [-0.2, 0) is 22.6 Å². The van der Waals surface area contributed by atoms with Crippen LogP contribution in [-0.4, -0.2) is 44.6 Å². The summed E-state index contributed by atoms with van der Waals surface area (Å²) in [6.45, 7) is 7.67. The molecule has 32 heavy (non-hydrogen) atoms. The average molecular weight is 442 g/mol. The molecule has 0 saturated carbocycles. The van der Waals surface area contributed by atoms with E-state index in [1.807, 2.05) is 30.2 Å². The molecule has 1 fully saturated rings. The molecule has 0 bridgehead atoms. The molecular formula is C24H32FN5O2. The fourth-order valence-corrected chi connectivity index (χ4v) is 4.52. The van der Waals surface area contributed by atoms with Gasteiger partial charge in [0.2, 0.25) is 11.8 Å². The van der Waals surface area contributed by atoms with Crippen molar-refractivity contribution in [1.82, 2.24) is 19.7 Å². The fraction of sp³-hybridized carbons (Fsp3) is 0.583. The minimum absolute atomic E-state index is 0.0921. The third-order valence-electron chi connectivity index (χ3n) is 6.38. The van der Waals surface area contributed by atoms with Crippen molar-refractivity contribution in [3.63, 3.8) is 0 Å². The zero-order chi connectivity index (χ0) is 22.9. The Morgan fingerprint density at radius 2 is 1.81 bits per heavy atom. The lowest BCUT2D eigenvalue weighted by Gasteiger charge is -2.35. The van der Waals surface area contributed by atoms with Crippen LogP contribution in [0.3, 0.4) is 0 Å². The lowest BCUT2D eigenvalue weighted by molar-refractivity contribution is -0.142. The van der Waals surface area contributed by atoms with Gasteiger partial charge in [-0.05, 0) is 43.9 Å². The summed E-state index contributed by atoms with van der Waals surface area (Å²) < 4.78 is 16.7. The quantitative estimate of drug-likeness (QED) is 0.780. The monoisotopic (exact) mass is 441 g/mol. The Morgan fingerprint density at radius 3 is 2.53 bits per heavy atom.